The van der Waals surface area contributed by atoms with Crippen molar-refractivity contribution < 1.29 is 4.74 Å². The van der Waals surface area contributed by atoms with E-state index in [1.165, 1.54) is 11.1 Å². The molecule has 0 bridgehead atoms. The van der Waals surface area contributed by atoms with Gasteiger partial charge in [-0.1, -0.05) is 6.92 Å². The van der Waals surface area contributed by atoms with E-state index in [1.54, 1.807) is 13.3 Å². The summed E-state index contributed by atoms with van der Waals surface area (Å²) in [5.41, 5.74) is 2.43. The van der Waals surface area contributed by atoms with Gasteiger partial charge in [-0.05, 0) is 37.4 Å². The number of aromatic nitrogens is 3. The first-order chi connectivity index (χ1) is 10.2. The first-order valence-electron chi connectivity index (χ1n) is 7.43. The minimum absolute atomic E-state index is 0.267. The molecule has 0 saturated carbocycles. The molecule has 5 nitrogen and oxygen atoms in total. The molecule has 0 aromatic carbocycles. The molecule has 2 heterocycles. The second-order valence-corrected chi connectivity index (χ2v) is 5.19. The Morgan fingerprint density at radius 3 is 2.90 bits per heavy atom. The quantitative estimate of drug-likeness (QED) is 0.811. The number of pyridine rings is 1. The fraction of sp³-hybridized carbons (Fsp3) is 0.500. The number of hydrogen-bond acceptors (Lipinski definition) is 4. The van der Waals surface area contributed by atoms with Crippen molar-refractivity contribution in [2.45, 2.75) is 32.2 Å². The molecule has 0 fully saturated rings. The van der Waals surface area contributed by atoms with Crippen LogP contribution in [0, 0.1) is 0 Å². The van der Waals surface area contributed by atoms with Crippen LogP contribution in [0.4, 0.5) is 0 Å². The van der Waals surface area contributed by atoms with Crippen LogP contribution in [-0.2, 0) is 13.5 Å². The molecular weight excluding hydrogens is 264 g/mol. The zero-order valence-corrected chi connectivity index (χ0v) is 13.0. The van der Waals surface area contributed by atoms with E-state index < -0.39 is 0 Å². The fourth-order valence-corrected chi connectivity index (χ4v) is 2.45. The Balaban J connectivity index is 2.09. The van der Waals surface area contributed by atoms with Crippen LogP contribution in [0.3, 0.4) is 0 Å². The summed E-state index contributed by atoms with van der Waals surface area (Å²) in [6, 6.07) is 2.30. The third-order valence-corrected chi connectivity index (χ3v) is 3.53. The fourth-order valence-electron chi connectivity index (χ4n) is 2.45. The molecule has 0 amide bonds. The Morgan fingerprint density at radius 1 is 1.38 bits per heavy atom. The lowest BCUT2D eigenvalue weighted by Gasteiger charge is -2.20. The van der Waals surface area contributed by atoms with Gasteiger partial charge in [0.05, 0.1) is 19.5 Å². The summed E-state index contributed by atoms with van der Waals surface area (Å²) in [7, 11) is 3.64. The van der Waals surface area contributed by atoms with Crippen molar-refractivity contribution in [2.75, 3.05) is 13.7 Å². The average Bonchev–Trinajstić information content (AvgIpc) is 2.93. The van der Waals surface area contributed by atoms with E-state index >= 15 is 0 Å². The summed E-state index contributed by atoms with van der Waals surface area (Å²) >= 11 is 0. The number of hydrogen-bond donors (Lipinski definition) is 1. The zero-order valence-electron chi connectivity index (χ0n) is 13.0. The van der Waals surface area contributed by atoms with Crippen LogP contribution in [0.1, 0.15) is 36.9 Å². The molecular formula is C16H24N4O. The Labute approximate surface area is 126 Å². The molecule has 21 heavy (non-hydrogen) atoms. The minimum atomic E-state index is 0.267. The van der Waals surface area contributed by atoms with Gasteiger partial charge in [-0.3, -0.25) is 9.67 Å². The number of methoxy groups -OCH3 is 1. The number of ether oxygens (including phenoxy) is 1. The summed E-state index contributed by atoms with van der Waals surface area (Å²) in [6.45, 7) is 3.16. The molecule has 2 rings (SSSR count). The van der Waals surface area contributed by atoms with Crippen molar-refractivity contribution in [3.63, 3.8) is 0 Å². The summed E-state index contributed by atoms with van der Waals surface area (Å²) in [5, 5.41) is 7.83. The van der Waals surface area contributed by atoms with Gasteiger partial charge in [-0.2, -0.15) is 5.10 Å². The van der Waals surface area contributed by atoms with E-state index in [0.29, 0.717) is 0 Å². The van der Waals surface area contributed by atoms with Crippen LogP contribution < -0.4 is 10.1 Å². The highest BCUT2D eigenvalue weighted by molar-refractivity contribution is 5.33. The lowest BCUT2D eigenvalue weighted by Crippen LogP contribution is -2.23. The summed E-state index contributed by atoms with van der Waals surface area (Å²) in [6.07, 6.45) is 10.7. The maximum Gasteiger partial charge on any atom is 0.141 e. The predicted molar refractivity (Wildman–Crippen MR) is 83.4 cm³/mol. The second-order valence-electron chi connectivity index (χ2n) is 5.19. The first kappa shape index (κ1) is 15.5. The van der Waals surface area contributed by atoms with E-state index in [-0.39, 0.29) is 6.04 Å². The molecule has 2 aromatic rings. The highest BCUT2D eigenvalue weighted by atomic mass is 16.5. The smallest absolute Gasteiger partial charge is 0.141 e. The first-order valence-corrected chi connectivity index (χ1v) is 7.43. The van der Waals surface area contributed by atoms with Crippen LogP contribution in [-0.4, -0.2) is 28.4 Å². The van der Waals surface area contributed by atoms with Crippen molar-refractivity contribution >= 4 is 0 Å². The van der Waals surface area contributed by atoms with Crippen LogP contribution in [0.5, 0.6) is 5.75 Å². The van der Waals surface area contributed by atoms with Gasteiger partial charge in [0.1, 0.15) is 5.75 Å². The highest BCUT2D eigenvalue weighted by Gasteiger charge is 2.15. The van der Waals surface area contributed by atoms with Gasteiger partial charge in [-0.25, -0.2) is 0 Å². The largest absolute Gasteiger partial charge is 0.495 e. The van der Waals surface area contributed by atoms with Crippen molar-refractivity contribution in [3.8, 4) is 5.75 Å². The molecule has 0 spiro atoms. The van der Waals surface area contributed by atoms with Crippen LogP contribution >= 0.6 is 0 Å². The molecule has 0 radical (unpaired) electrons. The summed E-state index contributed by atoms with van der Waals surface area (Å²) in [5.74, 6) is 0.845. The van der Waals surface area contributed by atoms with Gasteiger partial charge < -0.3 is 10.1 Å². The van der Waals surface area contributed by atoms with Crippen molar-refractivity contribution in [2.24, 2.45) is 7.05 Å². The van der Waals surface area contributed by atoms with Gasteiger partial charge >= 0.3 is 0 Å². The molecule has 0 aliphatic rings. The number of nitrogens with zero attached hydrogens (tertiary/aromatic N) is 3. The topological polar surface area (TPSA) is 52.0 Å². The Hall–Kier alpha value is -1.88. The molecule has 2 aromatic heterocycles. The molecule has 0 saturated heterocycles. The van der Waals surface area contributed by atoms with Crippen molar-refractivity contribution in [1.82, 2.24) is 20.1 Å². The molecule has 5 heteroatoms. The molecule has 1 unspecified atom stereocenters. The summed E-state index contributed by atoms with van der Waals surface area (Å²) in [4.78, 5) is 4.13. The van der Waals surface area contributed by atoms with E-state index in [0.717, 1.165) is 31.6 Å². The number of rotatable bonds is 8. The van der Waals surface area contributed by atoms with Crippen LogP contribution in [0.2, 0.25) is 0 Å². The van der Waals surface area contributed by atoms with Crippen LogP contribution in [0.15, 0.2) is 30.9 Å². The maximum absolute atomic E-state index is 5.44. The highest BCUT2D eigenvalue weighted by Crippen LogP contribution is 2.27. The van der Waals surface area contributed by atoms with Gasteiger partial charge in [-0.15, -0.1) is 0 Å². The SMILES string of the molecule is CCCNC(CCc1cnn(C)c1)c1ccncc1OC. The Kier molecular flexibility index (Phi) is 5.75. The van der Waals surface area contributed by atoms with E-state index in [4.69, 9.17) is 4.74 Å². The average molecular weight is 288 g/mol. The minimum Gasteiger partial charge on any atom is -0.495 e. The molecule has 0 aliphatic carbocycles. The second kappa shape index (κ2) is 7.78. The monoisotopic (exact) mass is 288 g/mol. The normalized spacial score (nSPS) is 12.3. The van der Waals surface area contributed by atoms with Crippen molar-refractivity contribution in [3.05, 3.63) is 42.0 Å². The summed E-state index contributed by atoms with van der Waals surface area (Å²) < 4.78 is 7.29. The lowest BCUT2D eigenvalue weighted by atomic mass is 10.00. The third kappa shape index (κ3) is 4.29. The van der Waals surface area contributed by atoms with Gasteiger partial charge in [0, 0.05) is 31.0 Å². The van der Waals surface area contributed by atoms with Gasteiger partial charge in [0.25, 0.3) is 0 Å². The standard InChI is InChI=1S/C16H24N4O/c1-4-8-18-15(6-5-13-10-19-20(2)12-13)14-7-9-17-11-16(14)21-3/h7,9-12,15,18H,4-6,8H2,1-3H3. The number of aryl methyl sites for hydroxylation is 2. The maximum atomic E-state index is 5.44. The van der Waals surface area contributed by atoms with Gasteiger partial charge in [0.15, 0.2) is 0 Å². The molecule has 0 aliphatic heterocycles. The molecule has 1 atom stereocenters. The molecule has 1 N–H and O–H groups in total. The van der Waals surface area contributed by atoms with Crippen molar-refractivity contribution in [1.29, 1.82) is 0 Å². The van der Waals surface area contributed by atoms with E-state index in [1.807, 2.05) is 30.2 Å². The zero-order chi connectivity index (χ0) is 15.1. The third-order valence-electron chi connectivity index (χ3n) is 3.53. The number of nitrogens with one attached hydrogen (secondary N) is 1. The van der Waals surface area contributed by atoms with Crippen LogP contribution in [0.25, 0.3) is 0 Å². The predicted octanol–water partition coefficient (Wildman–Crippen LogP) is 2.50. The van der Waals surface area contributed by atoms with E-state index in [9.17, 15) is 0 Å². The Morgan fingerprint density at radius 2 is 2.24 bits per heavy atom. The van der Waals surface area contributed by atoms with E-state index in [2.05, 4.69) is 28.5 Å². The Bertz CT molecular complexity index is 553. The van der Waals surface area contributed by atoms with Gasteiger partial charge in [0.2, 0.25) is 0 Å². The molecule has 114 valence electrons. The lowest BCUT2D eigenvalue weighted by molar-refractivity contribution is 0.393.